The van der Waals surface area contributed by atoms with E-state index in [4.69, 9.17) is 11.6 Å². The number of hydrogen-bond acceptors (Lipinski definition) is 2. The smallest absolute Gasteiger partial charge is 0.207 e. The summed E-state index contributed by atoms with van der Waals surface area (Å²) in [6.45, 7) is 0.383. The van der Waals surface area contributed by atoms with Crippen molar-refractivity contribution in [1.29, 1.82) is 0 Å². The molecule has 0 unspecified atom stereocenters. The predicted octanol–water partition coefficient (Wildman–Crippen LogP) is 4.00. The van der Waals surface area contributed by atoms with E-state index in [-0.39, 0.29) is 10.7 Å². The molecule has 1 atom stereocenters. The summed E-state index contributed by atoms with van der Waals surface area (Å²) in [6.07, 6.45) is 1.32. The summed E-state index contributed by atoms with van der Waals surface area (Å²) in [6, 6.07) is 12.0. The average Bonchev–Trinajstić information content (AvgIpc) is 2.98. The fourth-order valence-electron chi connectivity index (χ4n) is 2.85. The summed E-state index contributed by atoms with van der Waals surface area (Å²) in [5.74, 6) is -0.374. The average molecular weight is 340 g/mol. The van der Waals surface area contributed by atoms with Crippen molar-refractivity contribution in [3.8, 4) is 0 Å². The molecule has 22 heavy (non-hydrogen) atoms. The molecule has 3 rings (SSSR count). The van der Waals surface area contributed by atoms with Gasteiger partial charge in [-0.1, -0.05) is 35.9 Å². The highest BCUT2D eigenvalue weighted by Crippen LogP contribution is 2.37. The number of halogens is 2. The molecule has 0 radical (unpaired) electrons. The summed E-state index contributed by atoms with van der Waals surface area (Å²) in [4.78, 5) is 0.142. The van der Waals surface area contributed by atoms with E-state index in [1.807, 2.05) is 0 Å². The Morgan fingerprint density at radius 3 is 2.64 bits per heavy atom. The van der Waals surface area contributed by atoms with Crippen LogP contribution in [0.4, 0.5) is 4.39 Å². The van der Waals surface area contributed by atoms with Gasteiger partial charge in [0.15, 0.2) is 0 Å². The summed E-state index contributed by atoms with van der Waals surface area (Å²) in [5, 5.41) is 0.364. The first-order chi connectivity index (χ1) is 10.5. The molecule has 0 amide bonds. The van der Waals surface area contributed by atoms with Crippen molar-refractivity contribution in [1.82, 2.24) is 4.31 Å². The lowest BCUT2D eigenvalue weighted by Gasteiger charge is -2.24. The van der Waals surface area contributed by atoms with Crippen LogP contribution in [0.3, 0.4) is 0 Å². The molecule has 0 aromatic heterocycles. The predicted molar refractivity (Wildman–Crippen MR) is 83.7 cm³/mol. The Hall–Kier alpha value is -1.43. The van der Waals surface area contributed by atoms with Crippen molar-refractivity contribution in [3.05, 3.63) is 64.9 Å². The zero-order valence-corrected chi connectivity index (χ0v) is 13.3. The Labute approximate surface area is 134 Å². The molecule has 3 nitrogen and oxygen atoms in total. The van der Waals surface area contributed by atoms with Crippen molar-refractivity contribution in [3.63, 3.8) is 0 Å². The number of nitrogens with zero attached hydrogens (tertiary/aromatic N) is 1. The SMILES string of the molecule is O=S(=O)(c1cccc(Cl)c1)N1CCC[C@@H]1c1ccccc1F. The Morgan fingerprint density at radius 1 is 1.14 bits per heavy atom. The molecule has 116 valence electrons. The second kappa shape index (κ2) is 5.99. The first-order valence-electron chi connectivity index (χ1n) is 7.02. The van der Waals surface area contributed by atoms with Gasteiger partial charge in [-0.05, 0) is 37.1 Å². The quantitative estimate of drug-likeness (QED) is 0.847. The van der Waals surface area contributed by atoms with Gasteiger partial charge >= 0.3 is 0 Å². The zero-order valence-electron chi connectivity index (χ0n) is 11.7. The van der Waals surface area contributed by atoms with Gasteiger partial charge in [0.2, 0.25) is 10.0 Å². The third-order valence-electron chi connectivity index (χ3n) is 3.87. The van der Waals surface area contributed by atoms with Crippen LogP contribution in [0, 0.1) is 5.82 Å². The topological polar surface area (TPSA) is 37.4 Å². The van der Waals surface area contributed by atoms with E-state index in [2.05, 4.69) is 0 Å². The molecular formula is C16H15ClFNO2S. The Morgan fingerprint density at radius 2 is 1.91 bits per heavy atom. The van der Waals surface area contributed by atoms with Gasteiger partial charge in [-0.25, -0.2) is 12.8 Å². The van der Waals surface area contributed by atoms with Gasteiger partial charge in [0.05, 0.1) is 10.9 Å². The van der Waals surface area contributed by atoms with Crippen molar-refractivity contribution in [2.75, 3.05) is 6.54 Å². The lowest BCUT2D eigenvalue weighted by molar-refractivity contribution is 0.386. The minimum absolute atomic E-state index is 0.142. The van der Waals surface area contributed by atoms with Crippen LogP contribution < -0.4 is 0 Å². The summed E-state index contributed by atoms with van der Waals surface area (Å²) in [7, 11) is -3.69. The van der Waals surface area contributed by atoms with E-state index in [1.54, 1.807) is 30.3 Å². The number of hydrogen-bond donors (Lipinski definition) is 0. The summed E-state index contributed by atoms with van der Waals surface area (Å²) in [5.41, 5.74) is 0.422. The highest BCUT2D eigenvalue weighted by molar-refractivity contribution is 7.89. The standard InChI is InChI=1S/C16H15ClFNO2S/c17-12-5-3-6-13(11-12)22(20,21)19-10-4-9-16(19)14-7-1-2-8-15(14)18/h1-3,5-8,11,16H,4,9-10H2/t16-/m1/s1. The van der Waals surface area contributed by atoms with Crippen molar-refractivity contribution in [2.45, 2.75) is 23.8 Å². The van der Waals surface area contributed by atoms with Gasteiger partial charge < -0.3 is 0 Å². The molecule has 2 aromatic carbocycles. The highest BCUT2D eigenvalue weighted by atomic mass is 35.5. The Kier molecular flexibility index (Phi) is 4.21. The number of benzene rings is 2. The first-order valence-corrected chi connectivity index (χ1v) is 8.84. The van der Waals surface area contributed by atoms with Crippen LogP contribution in [-0.4, -0.2) is 19.3 Å². The first kappa shape index (κ1) is 15.5. The minimum Gasteiger partial charge on any atom is -0.207 e. The molecule has 0 N–H and O–H groups in total. The van der Waals surface area contributed by atoms with Gasteiger partial charge in [-0.3, -0.25) is 0 Å². The maximum atomic E-state index is 14.0. The maximum absolute atomic E-state index is 14.0. The van der Waals surface area contributed by atoms with Gasteiger partial charge in [0.1, 0.15) is 5.82 Å². The molecule has 1 saturated heterocycles. The van der Waals surface area contributed by atoms with Crippen LogP contribution in [0.25, 0.3) is 0 Å². The fraction of sp³-hybridized carbons (Fsp3) is 0.250. The Bertz CT molecular complexity index is 794. The lowest BCUT2D eigenvalue weighted by atomic mass is 10.1. The van der Waals surface area contributed by atoms with Gasteiger partial charge in [-0.15, -0.1) is 0 Å². The molecule has 1 aliphatic rings. The second-order valence-electron chi connectivity index (χ2n) is 5.25. The van der Waals surface area contributed by atoms with Gasteiger partial charge in [0, 0.05) is 17.1 Å². The molecule has 0 bridgehead atoms. The molecule has 6 heteroatoms. The molecule has 0 saturated carbocycles. The summed E-state index contributed by atoms with van der Waals surface area (Å²) >= 11 is 5.89. The van der Waals surface area contributed by atoms with Crippen LogP contribution in [0.1, 0.15) is 24.4 Å². The highest BCUT2D eigenvalue weighted by Gasteiger charge is 2.37. The van der Waals surface area contributed by atoms with Crippen molar-refractivity contribution >= 4 is 21.6 Å². The van der Waals surface area contributed by atoms with Crippen LogP contribution in [-0.2, 0) is 10.0 Å². The van der Waals surface area contributed by atoms with Crippen LogP contribution in [0.5, 0.6) is 0 Å². The third-order valence-corrected chi connectivity index (χ3v) is 6.01. The third kappa shape index (κ3) is 2.76. The zero-order chi connectivity index (χ0) is 15.7. The molecule has 1 fully saturated rings. The van der Waals surface area contributed by atoms with E-state index in [0.29, 0.717) is 30.0 Å². The molecule has 1 heterocycles. The van der Waals surface area contributed by atoms with Gasteiger partial charge in [0.25, 0.3) is 0 Å². The van der Waals surface area contributed by atoms with E-state index in [9.17, 15) is 12.8 Å². The van der Waals surface area contributed by atoms with Crippen molar-refractivity contribution in [2.24, 2.45) is 0 Å². The van der Waals surface area contributed by atoms with E-state index in [1.165, 1.54) is 22.5 Å². The lowest BCUT2D eigenvalue weighted by Crippen LogP contribution is -2.31. The Balaban J connectivity index is 2.01. The molecule has 0 aliphatic carbocycles. The molecule has 0 spiro atoms. The van der Waals surface area contributed by atoms with Crippen molar-refractivity contribution < 1.29 is 12.8 Å². The number of rotatable bonds is 3. The van der Waals surface area contributed by atoms with Crippen LogP contribution >= 0.6 is 11.6 Å². The molecule has 2 aromatic rings. The maximum Gasteiger partial charge on any atom is 0.243 e. The normalized spacial score (nSPS) is 19.5. The monoisotopic (exact) mass is 339 g/mol. The van der Waals surface area contributed by atoms with E-state index < -0.39 is 16.1 Å². The largest absolute Gasteiger partial charge is 0.243 e. The molecule has 1 aliphatic heterocycles. The number of sulfonamides is 1. The summed E-state index contributed by atoms with van der Waals surface area (Å²) < 4.78 is 41.1. The second-order valence-corrected chi connectivity index (χ2v) is 7.58. The fourth-order valence-corrected chi connectivity index (χ4v) is 4.82. The van der Waals surface area contributed by atoms with Crippen LogP contribution in [0.15, 0.2) is 53.4 Å². The van der Waals surface area contributed by atoms with E-state index in [0.717, 1.165) is 0 Å². The van der Waals surface area contributed by atoms with Crippen LogP contribution in [0.2, 0.25) is 5.02 Å². The molecular weight excluding hydrogens is 325 g/mol. The van der Waals surface area contributed by atoms with Gasteiger partial charge in [-0.2, -0.15) is 4.31 Å². The minimum atomic E-state index is -3.69. The van der Waals surface area contributed by atoms with E-state index >= 15 is 0 Å².